The summed E-state index contributed by atoms with van der Waals surface area (Å²) in [7, 11) is 3.75. The third-order valence-corrected chi connectivity index (χ3v) is 2.04. The summed E-state index contributed by atoms with van der Waals surface area (Å²) in [5, 5.41) is 10.8. The number of rotatable bonds is 3. The second-order valence-corrected chi connectivity index (χ2v) is 3.54. The van der Waals surface area contributed by atoms with Crippen LogP contribution in [-0.2, 0) is 0 Å². The van der Waals surface area contributed by atoms with Crippen LogP contribution in [0, 0.1) is 17.0 Å². The standard InChI is InChI=1S/C11H14N2O2/c1-9-5-4-6-11(13(14)15)10(9)7-8-12(2)3/h4-8H,1-3H3/b8-7+. The van der Waals surface area contributed by atoms with Gasteiger partial charge in [-0.25, -0.2) is 0 Å². The van der Waals surface area contributed by atoms with Crippen molar-refractivity contribution in [2.45, 2.75) is 6.92 Å². The van der Waals surface area contributed by atoms with Crippen molar-refractivity contribution in [3.8, 4) is 0 Å². The summed E-state index contributed by atoms with van der Waals surface area (Å²) in [6.07, 6.45) is 3.56. The van der Waals surface area contributed by atoms with Crippen molar-refractivity contribution in [3.63, 3.8) is 0 Å². The van der Waals surface area contributed by atoms with E-state index in [0.717, 1.165) is 5.56 Å². The molecule has 1 aromatic carbocycles. The Kier molecular flexibility index (Phi) is 3.44. The van der Waals surface area contributed by atoms with E-state index in [1.807, 2.05) is 32.0 Å². The van der Waals surface area contributed by atoms with E-state index in [4.69, 9.17) is 0 Å². The van der Waals surface area contributed by atoms with Gasteiger partial charge in [0.05, 0.1) is 10.5 Å². The Morgan fingerprint density at radius 1 is 1.40 bits per heavy atom. The first kappa shape index (κ1) is 11.2. The van der Waals surface area contributed by atoms with E-state index in [0.29, 0.717) is 5.56 Å². The minimum atomic E-state index is -0.359. The van der Waals surface area contributed by atoms with Crippen molar-refractivity contribution in [3.05, 3.63) is 45.6 Å². The first-order valence-corrected chi connectivity index (χ1v) is 4.61. The Labute approximate surface area is 89.0 Å². The van der Waals surface area contributed by atoms with Crippen LogP contribution < -0.4 is 0 Å². The summed E-state index contributed by atoms with van der Waals surface area (Å²) in [6.45, 7) is 1.86. The molecule has 0 aromatic heterocycles. The largest absolute Gasteiger partial charge is 0.383 e. The van der Waals surface area contributed by atoms with E-state index in [-0.39, 0.29) is 10.6 Å². The maximum Gasteiger partial charge on any atom is 0.276 e. The molecule has 0 fully saturated rings. The lowest BCUT2D eigenvalue weighted by Gasteiger charge is -2.05. The zero-order valence-corrected chi connectivity index (χ0v) is 9.10. The van der Waals surface area contributed by atoms with E-state index >= 15 is 0 Å². The first-order chi connectivity index (χ1) is 7.02. The molecule has 0 bridgehead atoms. The summed E-state index contributed by atoms with van der Waals surface area (Å²) in [6, 6.07) is 5.07. The molecule has 0 amide bonds. The SMILES string of the molecule is Cc1cccc([N+](=O)[O-])c1/C=C/N(C)C. The molecule has 0 saturated carbocycles. The number of nitro groups is 1. The smallest absolute Gasteiger partial charge is 0.276 e. The van der Waals surface area contributed by atoms with E-state index in [9.17, 15) is 10.1 Å². The van der Waals surface area contributed by atoms with Crippen LogP contribution in [0.5, 0.6) is 0 Å². The lowest BCUT2D eigenvalue weighted by atomic mass is 10.1. The average Bonchev–Trinajstić information content (AvgIpc) is 2.15. The van der Waals surface area contributed by atoms with Gasteiger partial charge in [0.1, 0.15) is 0 Å². The van der Waals surface area contributed by atoms with E-state index in [2.05, 4.69) is 0 Å². The topological polar surface area (TPSA) is 46.4 Å². The van der Waals surface area contributed by atoms with Crippen LogP contribution in [0.3, 0.4) is 0 Å². The lowest BCUT2D eigenvalue weighted by Crippen LogP contribution is -2.00. The van der Waals surface area contributed by atoms with Gasteiger partial charge in [-0.1, -0.05) is 12.1 Å². The molecule has 0 aliphatic rings. The molecule has 0 atom stereocenters. The lowest BCUT2D eigenvalue weighted by molar-refractivity contribution is -0.385. The molecule has 1 rings (SSSR count). The van der Waals surface area contributed by atoms with Crippen LogP contribution >= 0.6 is 0 Å². The van der Waals surface area contributed by atoms with Gasteiger partial charge in [0.15, 0.2) is 0 Å². The van der Waals surface area contributed by atoms with Crippen LogP contribution in [0.1, 0.15) is 11.1 Å². The van der Waals surface area contributed by atoms with Crippen LogP contribution in [0.4, 0.5) is 5.69 Å². The number of hydrogen-bond acceptors (Lipinski definition) is 3. The highest BCUT2D eigenvalue weighted by atomic mass is 16.6. The highest BCUT2D eigenvalue weighted by Gasteiger charge is 2.12. The fourth-order valence-electron chi connectivity index (χ4n) is 1.26. The van der Waals surface area contributed by atoms with Crippen molar-refractivity contribution in [2.24, 2.45) is 0 Å². The maximum absolute atomic E-state index is 10.8. The summed E-state index contributed by atoms with van der Waals surface area (Å²) in [5.41, 5.74) is 1.71. The van der Waals surface area contributed by atoms with E-state index in [1.54, 1.807) is 18.3 Å². The maximum atomic E-state index is 10.8. The zero-order valence-electron chi connectivity index (χ0n) is 9.10. The molecule has 4 nitrogen and oxygen atoms in total. The molecule has 15 heavy (non-hydrogen) atoms. The van der Waals surface area contributed by atoms with Crippen molar-refractivity contribution in [1.29, 1.82) is 0 Å². The Morgan fingerprint density at radius 2 is 2.07 bits per heavy atom. The Hall–Kier alpha value is -1.84. The number of hydrogen-bond donors (Lipinski definition) is 0. The normalized spacial score (nSPS) is 10.6. The van der Waals surface area contributed by atoms with Gasteiger partial charge in [0.2, 0.25) is 0 Å². The molecule has 0 radical (unpaired) electrons. The predicted octanol–water partition coefficient (Wildman–Crippen LogP) is 2.44. The van der Waals surface area contributed by atoms with Gasteiger partial charge >= 0.3 is 0 Å². The quantitative estimate of drug-likeness (QED) is 0.563. The van der Waals surface area contributed by atoms with Gasteiger partial charge in [-0.2, -0.15) is 0 Å². The highest BCUT2D eigenvalue weighted by Crippen LogP contribution is 2.23. The fraction of sp³-hybridized carbons (Fsp3) is 0.273. The van der Waals surface area contributed by atoms with Crippen molar-refractivity contribution < 1.29 is 4.92 Å². The monoisotopic (exact) mass is 206 g/mol. The minimum absolute atomic E-state index is 0.146. The molecule has 0 N–H and O–H groups in total. The minimum Gasteiger partial charge on any atom is -0.383 e. The number of nitro benzene ring substituents is 1. The Bertz CT molecular complexity index is 398. The molecule has 0 heterocycles. The molecule has 0 unspecified atom stereocenters. The van der Waals surface area contributed by atoms with Crippen molar-refractivity contribution >= 4 is 11.8 Å². The number of nitrogens with zero attached hydrogens (tertiary/aromatic N) is 2. The van der Waals surface area contributed by atoms with Gasteiger partial charge in [0, 0.05) is 20.2 Å². The molecule has 80 valence electrons. The van der Waals surface area contributed by atoms with Gasteiger partial charge < -0.3 is 4.90 Å². The van der Waals surface area contributed by atoms with E-state index in [1.165, 1.54) is 6.07 Å². The average molecular weight is 206 g/mol. The second kappa shape index (κ2) is 4.59. The zero-order chi connectivity index (χ0) is 11.4. The van der Waals surface area contributed by atoms with Gasteiger partial charge in [-0.05, 0) is 24.8 Å². The van der Waals surface area contributed by atoms with Crippen LogP contribution in [0.15, 0.2) is 24.4 Å². The van der Waals surface area contributed by atoms with Crippen LogP contribution in [0.25, 0.3) is 6.08 Å². The molecule has 0 saturated heterocycles. The molecule has 4 heteroatoms. The van der Waals surface area contributed by atoms with E-state index < -0.39 is 0 Å². The molecule has 0 spiro atoms. The molecular weight excluding hydrogens is 192 g/mol. The summed E-state index contributed by atoms with van der Waals surface area (Å²) in [5.74, 6) is 0. The summed E-state index contributed by atoms with van der Waals surface area (Å²) >= 11 is 0. The first-order valence-electron chi connectivity index (χ1n) is 4.61. The van der Waals surface area contributed by atoms with Crippen LogP contribution in [-0.4, -0.2) is 23.9 Å². The van der Waals surface area contributed by atoms with Crippen molar-refractivity contribution in [1.82, 2.24) is 4.90 Å². The summed E-state index contributed by atoms with van der Waals surface area (Å²) < 4.78 is 0. The second-order valence-electron chi connectivity index (χ2n) is 3.54. The highest BCUT2D eigenvalue weighted by molar-refractivity contribution is 5.64. The Balaban J connectivity index is 3.19. The third-order valence-electron chi connectivity index (χ3n) is 2.04. The number of aryl methyl sites for hydroxylation is 1. The van der Waals surface area contributed by atoms with Crippen LogP contribution in [0.2, 0.25) is 0 Å². The van der Waals surface area contributed by atoms with Crippen molar-refractivity contribution in [2.75, 3.05) is 14.1 Å². The molecular formula is C11H14N2O2. The van der Waals surface area contributed by atoms with Gasteiger partial charge in [0.25, 0.3) is 5.69 Å². The number of benzene rings is 1. The third kappa shape index (κ3) is 2.80. The molecule has 1 aromatic rings. The summed E-state index contributed by atoms with van der Waals surface area (Å²) in [4.78, 5) is 12.3. The predicted molar refractivity (Wildman–Crippen MR) is 60.6 cm³/mol. The van der Waals surface area contributed by atoms with Gasteiger partial charge in [-0.3, -0.25) is 10.1 Å². The van der Waals surface area contributed by atoms with Gasteiger partial charge in [-0.15, -0.1) is 0 Å². The molecule has 0 aliphatic heterocycles. The Morgan fingerprint density at radius 3 is 2.60 bits per heavy atom. The molecule has 0 aliphatic carbocycles. The fourth-order valence-corrected chi connectivity index (χ4v) is 1.26.